The highest BCUT2D eigenvalue weighted by atomic mass is 32.2. The maximum absolute atomic E-state index is 12.5. The van der Waals surface area contributed by atoms with E-state index in [0.717, 1.165) is 37.8 Å². The van der Waals surface area contributed by atoms with Gasteiger partial charge in [-0.2, -0.15) is 0 Å². The minimum atomic E-state index is -3.34. The van der Waals surface area contributed by atoms with Crippen molar-refractivity contribution in [2.45, 2.75) is 74.2 Å². The Kier molecular flexibility index (Phi) is 4.99. The van der Waals surface area contributed by atoms with Gasteiger partial charge < -0.3 is 5.32 Å². The van der Waals surface area contributed by atoms with Gasteiger partial charge in [0.2, 0.25) is 10.0 Å². The minimum absolute atomic E-state index is 0.118. The molecule has 6 heteroatoms. The molecule has 4 nitrogen and oxygen atoms in total. The molecule has 0 aliphatic heterocycles. The van der Waals surface area contributed by atoms with Gasteiger partial charge in [-0.3, -0.25) is 0 Å². The minimum Gasteiger partial charge on any atom is -0.310 e. The molecule has 2 saturated carbocycles. The predicted octanol–water partition coefficient (Wildman–Crippen LogP) is 3.00. The van der Waals surface area contributed by atoms with Crippen molar-refractivity contribution in [3.8, 4) is 0 Å². The van der Waals surface area contributed by atoms with Crippen molar-refractivity contribution in [2.24, 2.45) is 0 Å². The lowest BCUT2D eigenvalue weighted by Gasteiger charge is -2.15. The van der Waals surface area contributed by atoms with Crippen LogP contribution in [0.15, 0.2) is 15.7 Å². The van der Waals surface area contributed by atoms with Crippen LogP contribution < -0.4 is 10.0 Å². The summed E-state index contributed by atoms with van der Waals surface area (Å²) in [5.41, 5.74) is 1.08. The second kappa shape index (κ2) is 6.77. The number of nitrogens with one attached hydrogen (secondary N) is 2. The Bertz CT molecular complexity index is 556. The molecule has 1 heterocycles. The molecule has 1 aromatic rings. The molecule has 2 N–H and O–H groups in total. The largest absolute Gasteiger partial charge is 0.310 e. The number of sulfonamides is 1. The van der Waals surface area contributed by atoms with Crippen molar-refractivity contribution in [3.05, 3.63) is 17.0 Å². The Labute approximate surface area is 131 Å². The highest BCUT2D eigenvalue weighted by Gasteiger charge is 2.23. The highest BCUT2D eigenvalue weighted by molar-refractivity contribution is 7.91. The molecule has 2 aliphatic rings. The Morgan fingerprint density at radius 3 is 2.43 bits per heavy atom. The predicted molar refractivity (Wildman–Crippen MR) is 86.0 cm³/mol. The first kappa shape index (κ1) is 15.5. The van der Waals surface area contributed by atoms with E-state index in [2.05, 4.69) is 10.0 Å². The lowest BCUT2D eigenvalue weighted by molar-refractivity contribution is 0.511. The summed E-state index contributed by atoms with van der Waals surface area (Å²) in [4.78, 5) is 0. The smallest absolute Gasteiger partial charge is 0.250 e. The standard InChI is InChI=1S/C15H24N2O2S2/c18-21(19,17-14-5-3-1-2-4-6-14)15-9-12(11-20-15)10-16-13-7-8-13/h9,11,13-14,16-17H,1-8,10H2. The van der Waals surface area contributed by atoms with Crippen molar-refractivity contribution in [1.82, 2.24) is 10.0 Å². The molecule has 0 aromatic carbocycles. The monoisotopic (exact) mass is 328 g/mol. The molecule has 0 atom stereocenters. The summed E-state index contributed by atoms with van der Waals surface area (Å²) in [5.74, 6) is 0. The topological polar surface area (TPSA) is 58.2 Å². The normalized spacial score (nSPS) is 21.3. The Hall–Kier alpha value is -0.430. The molecule has 0 bridgehead atoms. The molecule has 0 unspecified atom stereocenters. The molecule has 0 radical (unpaired) electrons. The molecule has 1 aromatic heterocycles. The zero-order chi connectivity index (χ0) is 14.7. The number of thiophene rings is 1. The van der Waals surface area contributed by atoms with E-state index in [1.165, 1.54) is 37.0 Å². The lowest BCUT2D eigenvalue weighted by atomic mass is 10.1. The maximum atomic E-state index is 12.5. The van der Waals surface area contributed by atoms with Crippen molar-refractivity contribution < 1.29 is 8.42 Å². The quantitative estimate of drug-likeness (QED) is 0.789. The average Bonchev–Trinajstić information content (AvgIpc) is 3.20. The average molecular weight is 329 g/mol. The van der Waals surface area contributed by atoms with E-state index in [9.17, 15) is 8.42 Å². The number of hydrogen-bond acceptors (Lipinski definition) is 4. The Balaban J connectivity index is 1.60. The lowest BCUT2D eigenvalue weighted by Crippen LogP contribution is -2.34. The van der Waals surface area contributed by atoms with Crippen molar-refractivity contribution in [1.29, 1.82) is 0 Å². The molecule has 2 fully saturated rings. The molecule has 0 spiro atoms. The van der Waals surface area contributed by atoms with Crippen molar-refractivity contribution in [3.63, 3.8) is 0 Å². The van der Waals surface area contributed by atoms with Crippen LogP contribution >= 0.6 is 11.3 Å². The molecule has 0 amide bonds. The number of hydrogen-bond donors (Lipinski definition) is 2. The van der Waals surface area contributed by atoms with Gasteiger partial charge in [0.05, 0.1) is 0 Å². The second-order valence-electron chi connectivity index (χ2n) is 6.24. The Morgan fingerprint density at radius 1 is 1.05 bits per heavy atom. The van der Waals surface area contributed by atoms with Gasteiger partial charge in [-0.15, -0.1) is 11.3 Å². The summed E-state index contributed by atoms with van der Waals surface area (Å²) < 4.78 is 28.3. The van der Waals surface area contributed by atoms with Crippen LogP contribution in [0.2, 0.25) is 0 Å². The zero-order valence-corrected chi connectivity index (χ0v) is 13.9. The van der Waals surface area contributed by atoms with Gasteiger partial charge in [-0.1, -0.05) is 25.7 Å². The summed E-state index contributed by atoms with van der Waals surface area (Å²) in [7, 11) is -3.34. The fourth-order valence-corrected chi connectivity index (χ4v) is 5.34. The van der Waals surface area contributed by atoms with E-state index in [0.29, 0.717) is 10.3 Å². The van der Waals surface area contributed by atoms with E-state index in [1.54, 1.807) is 0 Å². The third-order valence-electron chi connectivity index (χ3n) is 4.24. The molecule has 118 valence electrons. The highest BCUT2D eigenvalue weighted by Crippen LogP contribution is 2.24. The first-order valence-electron chi connectivity index (χ1n) is 7.96. The SMILES string of the molecule is O=S(=O)(NC1CCCCCC1)c1cc(CNC2CC2)cs1. The van der Waals surface area contributed by atoms with Crippen LogP contribution in [0.3, 0.4) is 0 Å². The van der Waals surface area contributed by atoms with Crippen molar-refractivity contribution in [2.75, 3.05) is 0 Å². The van der Waals surface area contributed by atoms with Crippen LogP contribution in [0.1, 0.15) is 56.9 Å². The Morgan fingerprint density at radius 2 is 1.76 bits per heavy atom. The van der Waals surface area contributed by atoms with Crippen LogP contribution in [0.5, 0.6) is 0 Å². The zero-order valence-electron chi connectivity index (χ0n) is 12.3. The van der Waals surface area contributed by atoms with Gasteiger partial charge in [0.25, 0.3) is 0 Å². The molecule has 21 heavy (non-hydrogen) atoms. The molecule has 3 rings (SSSR count). The van der Waals surface area contributed by atoms with E-state index < -0.39 is 10.0 Å². The van der Waals surface area contributed by atoms with Crippen LogP contribution in [-0.2, 0) is 16.6 Å². The van der Waals surface area contributed by atoms with Crippen LogP contribution in [0, 0.1) is 0 Å². The summed E-state index contributed by atoms with van der Waals surface area (Å²) >= 11 is 1.33. The molecular formula is C15H24N2O2S2. The fraction of sp³-hybridized carbons (Fsp3) is 0.733. The molecule has 0 saturated heterocycles. The van der Waals surface area contributed by atoms with Gasteiger partial charge in [0.15, 0.2) is 0 Å². The van der Waals surface area contributed by atoms with E-state index in [4.69, 9.17) is 0 Å². The van der Waals surface area contributed by atoms with Gasteiger partial charge in [-0.05, 0) is 42.7 Å². The van der Waals surface area contributed by atoms with Crippen molar-refractivity contribution >= 4 is 21.4 Å². The summed E-state index contributed by atoms with van der Waals surface area (Å²) in [5, 5.41) is 5.37. The molecular weight excluding hydrogens is 304 g/mol. The van der Waals surface area contributed by atoms with Gasteiger partial charge >= 0.3 is 0 Å². The van der Waals surface area contributed by atoms with E-state index in [-0.39, 0.29) is 6.04 Å². The van der Waals surface area contributed by atoms with E-state index in [1.807, 2.05) is 11.4 Å². The van der Waals surface area contributed by atoms with Gasteiger partial charge in [0.1, 0.15) is 4.21 Å². The first-order valence-corrected chi connectivity index (χ1v) is 10.3. The van der Waals surface area contributed by atoms with Gasteiger partial charge in [-0.25, -0.2) is 13.1 Å². The van der Waals surface area contributed by atoms with E-state index >= 15 is 0 Å². The fourth-order valence-electron chi connectivity index (χ4n) is 2.81. The van der Waals surface area contributed by atoms with Crippen LogP contribution in [-0.4, -0.2) is 20.5 Å². The third-order valence-corrected chi connectivity index (χ3v) is 7.25. The van der Waals surface area contributed by atoms with Crippen LogP contribution in [0.25, 0.3) is 0 Å². The summed E-state index contributed by atoms with van der Waals surface area (Å²) in [6.07, 6.45) is 9.17. The molecule has 2 aliphatic carbocycles. The number of rotatable bonds is 6. The maximum Gasteiger partial charge on any atom is 0.250 e. The summed E-state index contributed by atoms with van der Waals surface area (Å²) in [6.45, 7) is 0.778. The summed E-state index contributed by atoms with van der Waals surface area (Å²) in [6, 6.07) is 2.58. The second-order valence-corrected chi connectivity index (χ2v) is 9.09. The third kappa shape index (κ3) is 4.52. The first-order chi connectivity index (χ1) is 10.1. The van der Waals surface area contributed by atoms with Gasteiger partial charge in [0, 0.05) is 18.6 Å². The van der Waals surface area contributed by atoms with Crippen LogP contribution in [0.4, 0.5) is 0 Å².